The topological polar surface area (TPSA) is 42.4 Å². The summed E-state index contributed by atoms with van der Waals surface area (Å²) in [4.78, 5) is 4.94. The Kier molecular flexibility index (Phi) is 6.48. The van der Waals surface area contributed by atoms with E-state index in [0.29, 0.717) is 0 Å². The number of ether oxygens (including phenoxy) is 1. The first-order chi connectivity index (χ1) is 13.8. The first-order valence-corrected chi connectivity index (χ1v) is 10.9. The molecule has 0 fully saturated rings. The summed E-state index contributed by atoms with van der Waals surface area (Å²) >= 11 is 0. The smallest absolute Gasteiger partial charge is 0.127 e. The van der Waals surface area contributed by atoms with E-state index in [-0.39, 0.29) is 0 Å². The third-order valence-electron chi connectivity index (χ3n) is 5.83. The summed E-state index contributed by atoms with van der Waals surface area (Å²) in [6.07, 6.45) is 8.06. The van der Waals surface area contributed by atoms with Gasteiger partial charge in [-0.3, -0.25) is 4.98 Å². The van der Waals surface area contributed by atoms with Crippen LogP contribution in [0, 0.1) is 6.92 Å². The van der Waals surface area contributed by atoms with Gasteiger partial charge in [0.2, 0.25) is 0 Å². The van der Waals surface area contributed by atoms with Gasteiger partial charge in [-0.25, -0.2) is 0 Å². The molecule has 1 heterocycles. The van der Waals surface area contributed by atoms with Crippen molar-refractivity contribution in [1.29, 1.82) is 0 Å². The second-order valence-corrected chi connectivity index (χ2v) is 8.77. The molecule has 1 N–H and O–H groups in total. The van der Waals surface area contributed by atoms with Gasteiger partial charge in [0.25, 0.3) is 0 Å². The van der Waals surface area contributed by atoms with Gasteiger partial charge in [0.05, 0.1) is 18.4 Å². The average molecular weight is 394 g/mol. The maximum Gasteiger partial charge on any atom is 0.127 e. The van der Waals surface area contributed by atoms with Crippen LogP contribution in [0.5, 0.6) is 5.75 Å². The van der Waals surface area contributed by atoms with Crippen LogP contribution in [-0.2, 0) is 18.4 Å². The lowest BCUT2D eigenvalue weighted by Gasteiger charge is -2.22. The van der Waals surface area contributed by atoms with Crippen molar-refractivity contribution in [3.63, 3.8) is 0 Å². The van der Waals surface area contributed by atoms with Crippen LogP contribution in [0.25, 0.3) is 5.57 Å². The molecule has 1 aromatic carbocycles. The lowest BCUT2D eigenvalue weighted by Crippen LogP contribution is -2.17. The summed E-state index contributed by atoms with van der Waals surface area (Å²) < 4.78 is 5.88. The molecule has 1 aromatic heterocycles. The second-order valence-electron chi connectivity index (χ2n) is 8.77. The van der Waals surface area contributed by atoms with Gasteiger partial charge in [0.1, 0.15) is 5.75 Å². The molecule has 156 valence electrons. The molecule has 0 saturated heterocycles. The molecule has 1 aliphatic carbocycles. The Bertz CT molecular complexity index is 911. The average Bonchev–Trinajstić information content (AvgIpc) is 2.83. The van der Waals surface area contributed by atoms with Crippen molar-refractivity contribution in [2.75, 3.05) is 7.11 Å². The van der Waals surface area contributed by atoms with Gasteiger partial charge in [0, 0.05) is 22.9 Å². The van der Waals surface area contributed by atoms with Crippen molar-refractivity contribution in [2.24, 2.45) is 0 Å². The number of fused-ring (bicyclic) bond motifs is 2. The molecule has 0 radical (unpaired) electrons. The molecule has 1 aliphatic rings. The zero-order chi connectivity index (χ0) is 21.2. The molecule has 0 bridgehead atoms. The number of pyridine rings is 1. The molecule has 2 aromatic rings. The standard InChI is InChI=1S/C26H35NO2/c1-7-9-18(10-8-2)24-23-19(13-17(3)14-22(23)29-6)11-12-20-15-21(26(4,5)28)16-27-25(20)24/h13-16,28H,7-12H2,1-6H3. The highest BCUT2D eigenvalue weighted by molar-refractivity contribution is 5.87. The van der Waals surface area contributed by atoms with Gasteiger partial charge in [0.15, 0.2) is 0 Å². The van der Waals surface area contributed by atoms with Crippen LogP contribution in [0.3, 0.4) is 0 Å². The van der Waals surface area contributed by atoms with Crippen LogP contribution in [0.4, 0.5) is 0 Å². The molecule has 0 saturated carbocycles. The van der Waals surface area contributed by atoms with Gasteiger partial charge < -0.3 is 9.84 Å². The molecular formula is C26H35NO2. The van der Waals surface area contributed by atoms with E-state index in [2.05, 4.69) is 39.0 Å². The number of rotatable bonds is 6. The minimum absolute atomic E-state index is 0.872. The molecule has 0 amide bonds. The quantitative estimate of drug-likeness (QED) is 0.642. The Morgan fingerprint density at radius 3 is 2.31 bits per heavy atom. The number of nitrogens with zero attached hydrogens (tertiary/aromatic N) is 1. The van der Waals surface area contributed by atoms with Crippen LogP contribution in [-0.4, -0.2) is 17.2 Å². The van der Waals surface area contributed by atoms with Crippen molar-refractivity contribution in [2.45, 2.75) is 78.7 Å². The molecule has 3 nitrogen and oxygen atoms in total. The number of methoxy groups -OCH3 is 1. The molecule has 0 unspecified atom stereocenters. The van der Waals surface area contributed by atoms with Gasteiger partial charge >= 0.3 is 0 Å². The van der Waals surface area contributed by atoms with E-state index in [1.54, 1.807) is 7.11 Å². The Hall–Kier alpha value is -2.13. The zero-order valence-corrected chi connectivity index (χ0v) is 18.9. The minimum atomic E-state index is -0.894. The lowest BCUT2D eigenvalue weighted by molar-refractivity contribution is 0.0781. The number of benzene rings is 1. The molecule has 0 atom stereocenters. The number of aromatic nitrogens is 1. The first kappa shape index (κ1) is 21.6. The fourth-order valence-electron chi connectivity index (χ4n) is 4.44. The van der Waals surface area contributed by atoms with Gasteiger partial charge in [-0.2, -0.15) is 0 Å². The molecule has 0 spiro atoms. The predicted molar refractivity (Wildman–Crippen MR) is 120 cm³/mol. The van der Waals surface area contributed by atoms with Crippen LogP contribution in [0.2, 0.25) is 0 Å². The Balaban J connectivity index is 2.36. The van der Waals surface area contributed by atoms with Gasteiger partial charge in [-0.1, -0.05) is 38.3 Å². The molecule has 29 heavy (non-hydrogen) atoms. The van der Waals surface area contributed by atoms with Crippen molar-refractivity contribution >= 4 is 5.57 Å². The Morgan fingerprint density at radius 2 is 1.72 bits per heavy atom. The zero-order valence-electron chi connectivity index (χ0n) is 18.9. The van der Waals surface area contributed by atoms with E-state index in [9.17, 15) is 5.11 Å². The Morgan fingerprint density at radius 1 is 1.07 bits per heavy atom. The van der Waals surface area contributed by atoms with Crippen molar-refractivity contribution < 1.29 is 9.84 Å². The van der Waals surface area contributed by atoms with Crippen LogP contribution < -0.4 is 4.74 Å². The summed E-state index contributed by atoms with van der Waals surface area (Å²) in [5.41, 5.74) is 8.77. The third-order valence-corrected chi connectivity index (χ3v) is 5.83. The summed E-state index contributed by atoms with van der Waals surface area (Å²) in [6, 6.07) is 6.60. The summed E-state index contributed by atoms with van der Waals surface area (Å²) in [5, 5.41) is 10.5. The van der Waals surface area contributed by atoms with E-state index >= 15 is 0 Å². The van der Waals surface area contributed by atoms with Crippen LogP contribution >= 0.6 is 0 Å². The van der Waals surface area contributed by atoms with Crippen molar-refractivity contribution in [3.8, 4) is 5.75 Å². The number of aliphatic hydroxyl groups is 1. The number of hydrogen-bond donors (Lipinski definition) is 1. The van der Waals surface area contributed by atoms with E-state index in [4.69, 9.17) is 9.72 Å². The fraction of sp³-hybridized carbons (Fsp3) is 0.500. The fourth-order valence-corrected chi connectivity index (χ4v) is 4.44. The largest absolute Gasteiger partial charge is 0.496 e. The maximum atomic E-state index is 10.5. The van der Waals surface area contributed by atoms with E-state index < -0.39 is 5.60 Å². The summed E-state index contributed by atoms with van der Waals surface area (Å²) in [5.74, 6) is 0.945. The minimum Gasteiger partial charge on any atom is -0.496 e. The van der Waals surface area contributed by atoms with Crippen molar-refractivity contribution in [3.05, 3.63) is 63.5 Å². The van der Waals surface area contributed by atoms with E-state index in [1.165, 1.54) is 33.4 Å². The summed E-state index contributed by atoms with van der Waals surface area (Å²) in [7, 11) is 1.77. The lowest BCUT2D eigenvalue weighted by atomic mass is 9.87. The highest BCUT2D eigenvalue weighted by atomic mass is 16.5. The predicted octanol–water partition coefficient (Wildman–Crippen LogP) is 6.13. The molecule has 0 aliphatic heterocycles. The van der Waals surface area contributed by atoms with Crippen molar-refractivity contribution in [1.82, 2.24) is 4.98 Å². The van der Waals surface area contributed by atoms with Crippen LogP contribution in [0.1, 0.15) is 86.9 Å². The molecule has 3 heteroatoms. The SMILES string of the molecule is CCCC(CCC)=C1c2ncc(C(C)(C)O)cc2CCc2cc(C)cc(OC)c21. The molecular weight excluding hydrogens is 358 g/mol. The monoisotopic (exact) mass is 393 g/mol. The van der Waals surface area contributed by atoms with E-state index in [0.717, 1.165) is 55.5 Å². The molecule has 3 rings (SSSR count). The highest BCUT2D eigenvalue weighted by Gasteiger charge is 2.27. The normalized spacial score (nSPS) is 13.6. The number of allylic oxidation sites excluding steroid dienone is 1. The second kappa shape index (κ2) is 8.71. The highest BCUT2D eigenvalue weighted by Crippen LogP contribution is 2.43. The van der Waals surface area contributed by atoms with Gasteiger partial charge in [-0.15, -0.1) is 0 Å². The first-order valence-electron chi connectivity index (χ1n) is 10.9. The van der Waals surface area contributed by atoms with Gasteiger partial charge in [-0.05, 0) is 75.3 Å². The summed E-state index contributed by atoms with van der Waals surface area (Å²) in [6.45, 7) is 10.3. The number of aryl methyl sites for hydroxylation is 3. The van der Waals surface area contributed by atoms with Crippen LogP contribution in [0.15, 0.2) is 30.0 Å². The maximum absolute atomic E-state index is 10.5. The third kappa shape index (κ3) is 4.40. The van der Waals surface area contributed by atoms with E-state index in [1.807, 2.05) is 20.0 Å². The Labute approximate surface area is 175 Å². The number of hydrogen-bond acceptors (Lipinski definition) is 3.